The number of sulfone groups is 1. The van der Waals surface area contributed by atoms with Crippen molar-refractivity contribution < 1.29 is 8.42 Å². The Morgan fingerprint density at radius 2 is 1.58 bits per heavy atom. The molecule has 2 rings (SSSR count). The fourth-order valence-electron chi connectivity index (χ4n) is 1.53. The summed E-state index contributed by atoms with van der Waals surface area (Å²) in [6.45, 7) is 0. The molecule has 2 nitrogen and oxygen atoms in total. The summed E-state index contributed by atoms with van der Waals surface area (Å²) >= 11 is 7.49. The predicted octanol–water partition coefficient (Wildman–Crippen LogP) is 4.04. The third kappa shape index (κ3) is 4.27. The topological polar surface area (TPSA) is 34.1 Å². The van der Waals surface area contributed by atoms with Gasteiger partial charge in [-0.05, 0) is 42.0 Å². The molecule has 0 radical (unpaired) electrons. The largest absolute Gasteiger partial charge is 0.224 e. The molecular weight excluding hydrogens is 300 g/mol. The predicted molar refractivity (Wildman–Crippen MR) is 80.6 cm³/mol. The van der Waals surface area contributed by atoms with Gasteiger partial charge >= 0.3 is 0 Å². The highest BCUT2D eigenvalue weighted by Crippen LogP contribution is 2.24. The molecule has 0 aliphatic carbocycles. The van der Waals surface area contributed by atoms with E-state index < -0.39 is 9.84 Å². The standard InChI is InChI=1S/C14H13ClO2S2/c1-19(16,17)14-8-6-13(7-9-14)18-10-11-2-4-12(15)5-3-11/h2-9H,10H2,1H3. The molecule has 5 heteroatoms. The summed E-state index contributed by atoms with van der Waals surface area (Å²) in [5, 5.41) is 0.728. The van der Waals surface area contributed by atoms with E-state index in [-0.39, 0.29) is 0 Å². The van der Waals surface area contributed by atoms with Gasteiger partial charge in [-0.25, -0.2) is 8.42 Å². The monoisotopic (exact) mass is 312 g/mol. The van der Waals surface area contributed by atoms with Crippen LogP contribution in [0.5, 0.6) is 0 Å². The quantitative estimate of drug-likeness (QED) is 0.799. The summed E-state index contributed by atoms with van der Waals surface area (Å²) in [5.74, 6) is 0.829. The van der Waals surface area contributed by atoms with Gasteiger partial charge in [-0.2, -0.15) is 0 Å². The zero-order valence-electron chi connectivity index (χ0n) is 10.3. The Hall–Kier alpha value is -0.970. The van der Waals surface area contributed by atoms with Crippen molar-refractivity contribution in [1.82, 2.24) is 0 Å². The van der Waals surface area contributed by atoms with Crippen LogP contribution in [0.3, 0.4) is 0 Å². The van der Waals surface area contributed by atoms with E-state index >= 15 is 0 Å². The number of thioether (sulfide) groups is 1. The number of benzene rings is 2. The highest BCUT2D eigenvalue weighted by atomic mass is 35.5. The first-order chi connectivity index (χ1) is 8.95. The van der Waals surface area contributed by atoms with Crippen molar-refractivity contribution in [2.45, 2.75) is 15.5 Å². The molecule has 0 amide bonds. The summed E-state index contributed by atoms with van der Waals surface area (Å²) in [6, 6.07) is 14.6. The van der Waals surface area contributed by atoms with Crippen molar-refractivity contribution in [3.63, 3.8) is 0 Å². The molecule has 0 aliphatic heterocycles. The van der Waals surface area contributed by atoms with Crippen LogP contribution in [0.15, 0.2) is 58.3 Å². The molecule has 19 heavy (non-hydrogen) atoms. The van der Waals surface area contributed by atoms with Crippen molar-refractivity contribution in [2.75, 3.05) is 6.26 Å². The molecule has 0 N–H and O–H groups in total. The molecule has 0 spiro atoms. The van der Waals surface area contributed by atoms with Gasteiger partial charge in [-0.15, -0.1) is 11.8 Å². The van der Waals surface area contributed by atoms with Gasteiger partial charge in [0.25, 0.3) is 0 Å². The molecule has 100 valence electrons. The normalized spacial score (nSPS) is 11.5. The van der Waals surface area contributed by atoms with Gasteiger partial charge < -0.3 is 0 Å². The molecule has 0 atom stereocenters. The average molecular weight is 313 g/mol. The van der Waals surface area contributed by atoms with E-state index in [2.05, 4.69) is 0 Å². The van der Waals surface area contributed by atoms with E-state index in [9.17, 15) is 8.42 Å². The second-order valence-electron chi connectivity index (χ2n) is 4.16. The summed E-state index contributed by atoms with van der Waals surface area (Å²) in [4.78, 5) is 1.39. The van der Waals surface area contributed by atoms with E-state index in [4.69, 9.17) is 11.6 Å². The minimum atomic E-state index is -3.12. The first-order valence-electron chi connectivity index (χ1n) is 5.62. The highest BCUT2D eigenvalue weighted by Gasteiger charge is 2.06. The molecule has 0 bridgehead atoms. The van der Waals surface area contributed by atoms with Crippen molar-refractivity contribution in [1.29, 1.82) is 0 Å². The van der Waals surface area contributed by atoms with Crippen LogP contribution >= 0.6 is 23.4 Å². The first-order valence-corrected chi connectivity index (χ1v) is 8.88. The smallest absolute Gasteiger partial charge is 0.175 e. The fraction of sp³-hybridized carbons (Fsp3) is 0.143. The maximum absolute atomic E-state index is 11.3. The van der Waals surface area contributed by atoms with Crippen LogP contribution < -0.4 is 0 Å². The van der Waals surface area contributed by atoms with Gasteiger partial charge in [-0.3, -0.25) is 0 Å². The average Bonchev–Trinajstić information content (AvgIpc) is 2.37. The second-order valence-corrected chi connectivity index (χ2v) is 7.66. The van der Waals surface area contributed by atoms with Crippen LogP contribution in [0, 0.1) is 0 Å². The van der Waals surface area contributed by atoms with Crippen LogP contribution in [-0.2, 0) is 15.6 Å². The van der Waals surface area contributed by atoms with E-state index in [1.165, 1.54) is 11.8 Å². The second kappa shape index (κ2) is 5.99. The molecule has 0 saturated heterocycles. The summed E-state index contributed by atoms with van der Waals surface area (Å²) in [7, 11) is -3.12. The maximum Gasteiger partial charge on any atom is 0.175 e. The van der Waals surface area contributed by atoms with Gasteiger partial charge in [0.2, 0.25) is 0 Å². The van der Waals surface area contributed by atoms with E-state index in [1.807, 2.05) is 36.4 Å². The number of hydrogen-bond acceptors (Lipinski definition) is 3. The van der Waals surface area contributed by atoms with E-state index in [0.29, 0.717) is 4.90 Å². The Morgan fingerprint density at radius 3 is 2.11 bits per heavy atom. The summed E-state index contributed by atoms with van der Waals surface area (Å²) in [6.07, 6.45) is 1.21. The van der Waals surface area contributed by atoms with Gasteiger partial charge in [0.05, 0.1) is 4.90 Å². The van der Waals surface area contributed by atoms with Gasteiger partial charge in [0.15, 0.2) is 9.84 Å². The molecule has 2 aromatic carbocycles. The molecule has 0 aromatic heterocycles. The van der Waals surface area contributed by atoms with Crippen molar-refractivity contribution in [3.05, 3.63) is 59.1 Å². The Bertz CT molecular complexity index is 647. The zero-order valence-corrected chi connectivity index (χ0v) is 12.7. The van der Waals surface area contributed by atoms with Crippen LogP contribution in [-0.4, -0.2) is 14.7 Å². The molecule has 0 unspecified atom stereocenters. The van der Waals surface area contributed by atoms with E-state index in [0.717, 1.165) is 15.7 Å². The van der Waals surface area contributed by atoms with Crippen molar-refractivity contribution in [2.24, 2.45) is 0 Å². The molecule has 0 aliphatic rings. The third-order valence-electron chi connectivity index (χ3n) is 2.57. The minimum Gasteiger partial charge on any atom is -0.224 e. The highest BCUT2D eigenvalue weighted by molar-refractivity contribution is 7.98. The molecule has 0 fully saturated rings. The molecule has 0 saturated carbocycles. The minimum absolute atomic E-state index is 0.350. The van der Waals surface area contributed by atoms with Crippen molar-refractivity contribution in [3.8, 4) is 0 Å². The SMILES string of the molecule is CS(=O)(=O)c1ccc(SCc2ccc(Cl)cc2)cc1. The van der Waals surface area contributed by atoms with Gasteiger partial charge in [-0.1, -0.05) is 23.7 Å². The Labute approximate surface area is 122 Å². The number of halogens is 1. The maximum atomic E-state index is 11.3. The lowest BCUT2D eigenvalue weighted by Gasteiger charge is -2.03. The molecule has 2 aromatic rings. The Morgan fingerprint density at radius 1 is 1.00 bits per heavy atom. The fourth-order valence-corrected chi connectivity index (χ4v) is 3.14. The zero-order chi connectivity index (χ0) is 13.9. The number of hydrogen-bond donors (Lipinski definition) is 0. The van der Waals surface area contributed by atoms with E-state index in [1.54, 1.807) is 23.9 Å². The van der Waals surface area contributed by atoms with Crippen LogP contribution in [0.2, 0.25) is 5.02 Å². The lowest BCUT2D eigenvalue weighted by molar-refractivity contribution is 0.602. The Balaban J connectivity index is 2.02. The molecular formula is C14H13ClO2S2. The first kappa shape index (κ1) is 14.4. The molecule has 0 heterocycles. The van der Waals surface area contributed by atoms with Crippen LogP contribution in [0.1, 0.15) is 5.56 Å². The summed E-state index contributed by atoms with van der Waals surface area (Å²) < 4.78 is 22.7. The number of rotatable bonds is 4. The summed E-state index contributed by atoms with van der Waals surface area (Å²) in [5.41, 5.74) is 1.18. The van der Waals surface area contributed by atoms with Crippen LogP contribution in [0.25, 0.3) is 0 Å². The van der Waals surface area contributed by atoms with Gasteiger partial charge in [0, 0.05) is 21.9 Å². The third-order valence-corrected chi connectivity index (χ3v) is 5.03. The lowest BCUT2D eigenvalue weighted by Crippen LogP contribution is -1.95. The Kier molecular flexibility index (Phi) is 4.55. The van der Waals surface area contributed by atoms with Crippen LogP contribution in [0.4, 0.5) is 0 Å². The lowest BCUT2D eigenvalue weighted by atomic mass is 10.2. The van der Waals surface area contributed by atoms with Crippen molar-refractivity contribution >= 4 is 33.2 Å². The van der Waals surface area contributed by atoms with Gasteiger partial charge in [0.1, 0.15) is 0 Å².